The fraction of sp³-hybridized carbons (Fsp3) is 0.222. The summed E-state index contributed by atoms with van der Waals surface area (Å²) >= 11 is 6.24. The predicted octanol–water partition coefficient (Wildman–Crippen LogP) is 4.08. The standard InChI is InChI=1S/C27H27ClN2O5/c1-34-26(32)24(17-21-14-8-9-15-22(21)28)29-25(31)23(16-19-10-4-2-5-11-19)30-27(33)35-18-20-12-6-3-7-13-20/h2-15,23-24H,16-18H2,1H3,(H,29,31)(H,30,33)/t23-,24+/m0/s1. The second-order valence-electron chi connectivity index (χ2n) is 7.83. The number of methoxy groups -OCH3 is 1. The molecule has 3 rings (SSSR count). The third-order valence-electron chi connectivity index (χ3n) is 5.29. The van der Waals surface area contributed by atoms with E-state index < -0.39 is 30.1 Å². The molecule has 0 aromatic heterocycles. The molecule has 3 aromatic carbocycles. The lowest BCUT2D eigenvalue weighted by Crippen LogP contribution is -2.53. The number of nitrogens with one attached hydrogen (secondary N) is 2. The zero-order valence-corrected chi connectivity index (χ0v) is 20.0. The van der Waals surface area contributed by atoms with Crippen LogP contribution in [0.25, 0.3) is 0 Å². The quantitative estimate of drug-likeness (QED) is 0.414. The van der Waals surface area contributed by atoms with Crippen molar-refractivity contribution in [1.29, 1.82) is 0 Å². The SMILES string of the molecule is COC(=O)[C@@H](Cc1ccccc1Cl)NC(=O)[C@H](Cc1ccccc1)NC(=O)OCc1ccccc1. The van der Waals surface area contributed by atoms with E-state index in [9.17, 15) is 14.4 Å². The minimum Gasteiger partial charge on any atom is -0.467 e. The van der Waals surface area contributed by atoms with Crippen LogP contribution >= 0.6 is 11.6 Å². The molecule has 0 aliphatic heterocycles. The summed E-state index contributed by atoms with van der Waals surface area (Å²) in [6, 6.07) is 23.5. The summed E-state index contributed by atoms with van der Waals surface area (Å²) in [4.78, 5) is 38.2. The Morgan fingerprint density at radius 2 is 1.37 bits per heavy atom. The highest BCUT2D eigenvalue weighted by Crippen LogP contribution is 2.17. The summed E-state index contributed by atoms with van der Waals surface area (Å²) in [7, 11) is 1.24. The van der Waals surface area contributed by atoms with E-state index in [1.165, 1.54) is 7.11 Å². The molecule has 0 saturated heterocycles. The summed E-state index contributed by atoms with van der Waals surface area (Å²) in [6.45, 7) is 0.0592. The maximum Gasteiger partial charge on any atom is 0.408 e. The van der Waals surface area contributed by atoms with Crippen molar-refractivity contribution < 1.29 is 23.9 Å². The molecule has 0 saturated carbocycles. The number of amides is 2. The number of ether oxygens (including phenoxy) is 2. The first kappa shape index (κ1) is 25.8. The minimum absolute atomic E-state index is 0.0592. The van der Waals surface area contributed by atoms with Gasteiger partial charge < -0.3 is 20.1 Å². The average molecular weight is 495 g/mol. The second kappa shape index (κ2) is 13.2. The lowest BCUT2D eigenvalue weighted by Gasteiger charge is -2.22. The molecule has 2 N–H and O–H groups in total. The van der Waals surface area contributed by atoms with Crippen LogP contribution in [0, 0.1) is 0 Å². The lowest BCUT2D eigenvalue weighted by atomic mass is 10.0. The van der Waals surface area contributed by atoms with Crippen LogP contribution in [0.5, 0.6) is 0 Å². The molecule has 0 spiro atoms. The van der Waals surface area contributed by atoms with E-state index in [0.717, 1.165) is 11.1 Å². The van der Waals surface area contributed by atoms with Gasteiger partial charge in [0, 0.05) is 17.9 Å². The van der Waals surface area contributed by atoms with Crippen LogP contribution in [0.15, 0.2) is 84.9 Å². The Bertz CT molecular complexity index is 1120. The number of hydrogen-bond donors (Lipinski definition) is 2. The van der Waals surface area contributed by atoms with Crippen molar-refractivity contribution in [2.75, 3.05) is 7.11 Å². The van der Waals surface area contributed by atoms with Gasteiger partial charge in [0.05, 0.1) is 7.11 Å². The maximum atomic E-state index is 13.2. The topological polar surface area (TPSA) is 93.7 Å². The third-order valence-corrected chi connectivity index (χ3v) is 5.66. The monoisotopic (exact) mass is 494 g/mol. The van der Waals surface area contributed by atoms with Gasteiger partial charge in [0.2, 0.25) is 5.91 Å². The third kappa shape index (κ3) is 8.15. The summed E-state index contributed by atoms with van der Waals surface area (Å²) in [5, 5.41) is 5.79. The van der Waals surface area contributed by atoms with E-state index in [4.69, 9.17) is 21.1 Å². The minimum atomic E-state index is -0.993. The van der Waals surface area contributed by atoms with Gasteiger partial charge in [-0.15, -0.1) is 0 Å². The molecule has 0 bridgehead atoms. The number of esters is 1. The molecule has 182 valence electrons. The molecule has 0 heterocycles. The molecule has 0 radical (unpaired) electrons. The number of hydrogen-bond acceptors (Lipinski definition) is 5. The first-order valence-corrected chi connectivity index (χ1v) is 11.5. The van der Waals surface area contributed by atoms with Crippen LogP contribution in [0.2, 0.25) is 5.02 Å². The van der Waals surface area contributed by atoms with Crippen LogP contribution < -0.4 is 10.6 Å². The Kier molecular flexibility index (Phi) is 9.69. The number of carbonyl (C=O) groups is 3. The van der Waals surface area contributed by atoms with E-state index in [0.29, 0.717) is 10.6 Å². The maximum absolute atomic E-state index is 13.2. The van der Waals surface area contributed by atoms with Crippen molar-refractivity contribution in [3.05, 3.63) is 107 Å². The van der Waals surface area contributed by atoms with Crippen molar-refractivity contribution in [2.24, 2.45) is 0 Å². The van der Waals surface area contributed by atoms with Gasteiger partial charge in [-0.05, 0) is 22.8 Å². The van der Waals surface area contributed by atoms with Crippen molar-refractivity contribution in [3.63, 3.8) is 0 Å². The van der Waals surface area contributed by atoms with Gasteiger partial charge >= 0.3 is 12.1 Å². The fourth-order valence-corrected chi connectivity index (χ4v) is 3.67. The molecule has 0 unspecified atom stereocenters. The summed E-state index contributed by atoms with van der Waals surface area (Å²) in [5.41, 5.74) is 2.33. The van der Waals surface area contributed by atoms with Crippen LogP contribution in [0.3, 0.4) is 0 Å². The van der Waals surface area contributed by atoms with Gasteiger partial charge in [-0.1, -0.05) is 90.5 Å². The van der Waals surface area contributed by atoms with Gasteiger partial charge in [-0.25, -0.2) is 9.59 Å². The molecular weight excluding hydrogens is 468 g/mol. The van der Waals surface area contributed by atoms with E-state index in [-0.39, 0.29) is 19.4 Å². The van der Waals surface area contributed by atoms with Crippen LogP contribution in [-0.4, -0.2) is 37.2 Å². The van der Waals surface area contributed by atoms with Gasteiger partial charge in [-0.3, -0.25) is 4.79 Å². The zero-order chi connectivity index (χ0) is 25.0. The molecule has 8 heteroatoms. The van der Waals surface area contributed by atoms with Crippen molar-refractivity contribution >= 4 is 29.6 Å². The highest BCUT2D eigenvalue weighted by Gasteiger charge is 2.28. The predicted molar refractivity (Wildman–Crippen MR) is 133 cm³/mol. The van der Waals surface area contributed by atoms with Gasteiger partial charge in [-0.2, -0.15) is 0 Å². The van der Waals surface area contributed by atoms with Crippen LogP contribution in [-0.2, 0) is 38.5 Å². The first-order valence-electron chi connectivity index (χ1n) is 11.1. The molecule has 35 heavy (non-hydrogen) atoms. The molecule has 2 atom stereocenters. The highest BCUT2D eigenvalue weighted by atomic mass is 35.5. The van der Waals surface area contributed by atoms with Crippen LogP contribution in [0.1, 0.15) is 16.7 Å². The molecule has 3 aromatic rings. The Balaban J connectivity index is 1.72. The molecule has 0 fully saturated rings. The van der Waals surface area contributed by atoms with Gasteiger partial charge in [0.25, 0.3) is 0 Å². The second-order valence-corrected chi connectivity index (χ2v) is 8.24. The molecular formula is C27H27ClN2O5. The molecule has 7 nitrogen and oxygen atoms in total. The van der Waals surface area contributed by atoms with E-state index >= 15 is 0 Å². The van der Waals surface area contributed by atoms with Crippen molar-refractivity contribution in [2.45, 2.75) is 31.5 Å². The van der Waals surface area contributed by atoms with Crippen molar-refractivity contribution in [1.82, 2.24) is 10.6 Å². The number of halogens is 1. The Morgan fingerprint density at radius 3 is 2.00 bits per heavy atom. The number of carbonyl (C=O) groups excluding carboxylic acids is 3. The smallest absolute Gasteiger partial charge is 0.408 e. The highest BCUT2D eigenvalue weighted by molar-refractivity contribution is 6.31. The molecule has 0 aliphatic rings. The largest absolute Gasteiger partial charge is 0.467 e. The van der Waals surface area contributed by atoms with E-state index in [1.807, 2.05) is 60.7 Å². The number of alkyl carbamates (subject to hydrolysis) is 1. The fourth-order valence-electron chi connectivity index (χ4n) is 3.46. The Morgan fingerprint density at radius 1 is 0.771 bits per heavy atom. The normalized spacial score (nSPS) is 12.2. The van der Waals surface area contributed by atoms with E-state index in [2.05, 4.69) is 10.6 Å². The summed E-state index contributed by atoms with van der Waals surface area (Å²) in [5.74, 6) is -1.17. The van der Waals surface area contributed by atoms with Gasteiger partial charge in [0.1, 0.15) is 18.7 Å². The van der Waals surface area contributed by atoms with Crippen LogP contribution in [0.4, 0.5) is 4.79 Å². The zero-order valence-electron chi connectivity index (χ0n) is 19.3. The lowest BCUT2D eigenvalue weighted by molar-refractivity contribution is -0.145. The first-order chi connectivity index (χ1) is 17.0. The van der Waals surface area contributed by atoms with Crippen molar-refractivity contribution in [3.8, 4) is 0 Å². The molecule has 2 amide bonds. The Hall–Kier alpha value is -3.84. The molecule has 0 aliphatic carbocycles. The summed E-state index contributed by atoms with van der Waals surface area (Å²) < 4.78 is 10.2. The average Bonchev–Trinajstić information content (AvgIpc) is 2.88. The summed E-state index contributed by atoms with van der Waals surface area (Å²) in [6.07, 6.45) is -0.410. The number of benzene rings is 3. The van der Waals surface area contributed by atoms with E-state index in [1.54, 1.807) is 24.3 Å². The Labute approximate surface area is 209 Å². The van der Waals surface area contributed by atoms with Gasteiger partial charge in [0.15, 0.2) is 0 Å². The number of rotatable bonds is 10.